The number of thiazole rings is 1. The van der Waals surface area contributed by atoms with E-state index in [0.29, 0.717) is 25.9 Å². The Bertz CT molecular complexity index is 1170. The molecule has 7 heteroatoms. The summed E-state index contributed by atoms with van der Waals surface area (Å²) in [5.74, 6) is 0.0945. The highest BCUT2D eigenvalue weighted by atomic mass is 35.5. The molecule has 0 radical (unpaired) electrons. The van der Waals surface area contributed by atoms with Crippen molar-refractivity contribution in [3.63, 3.8) is 0 Å². The zero-order valence-corrected chi connectivity index (χ0v) is 13.7. The van der Waals surface area contributed by atoms with Crippen molar-refractivity contribution >= 4 is 34.0 Å². The zero-order chi connectivity index (χ0) is 16.7. The molecule has 0 unspecified atom stereocenters. The Hall–Kier alpha value is -2.57. The molecule has 2 heterocycles. The number of aromatic nitrogens is 3. The van der Waals surface area contributed by atoms with Gasteiger partial charge in [-0.2, -0.15) is 9.50 Å². The Balaban J connectivity index is 1.83. The maximum atomic E-state index is 13.3. The molecule has 118 valence electrons. The van der Waals surface area contributed by atoms with Crippen molar-refractivity contribution in [2.45, 2.75) is 0 Å². The van der Waals surface area contributed by atoms with E-state index in [2.05, 4.69) is 10.1 Å². The van der Waals surface area contributed by atoms with Crippen LogP contribution < -0.4 is 10.1 Å². The van der Waals surface area contributed by atoms with E-state index in [1.165, 1.54) is 28.0 Å². The van der Waals surface area contributed by atoms with E-state index in [4.69, 9.17) is 11.6 Å². The number of fused-ring (bicyclic) bond motifs is 1. The van der Waals surface area contributed by atoms with Crippen LogP contribution in [0.1, 0.15) is 5.56 Å². The van der Waals surface area contributed by atoms with Crippen LogP contribution in [0.5, 0.6) is 0 Å². The first kappa shape index (κ1) is 15.0. The van der Waals surface area contributed by atoms with Gasteiger partial charge < -0.3 is 0 Å². The fourth-order valence-electron chi connectivity index (χ4n) is 2.33. The highest BCUT2D eigenvalue weighted by Crippen LogP contribution is 2.20. The molecular formula is C17H9ClFN3OS. The van der Waals surface area contributed by atoms with Crippen molar-refractivity contribution in [3.8, 4) is 11.4 Å². The van der Waals surface area contributed by atoms with Gasteiger partial charge in [-0.25, -0.2) is 4.39 Å². The topological polar surface area (TPSA) is 47.3 Å². The molecule has 2 aromatic carbocycles. The minimum absolute atomic E-state index is 0.278. The molecule has 0 aliphatic rings. The van der Waals surface area contributed by atoms with E-state index in [1.54, 1.807) is 36.4 Å². The first-order valence-corrected chi connectivity index (χ1v) is 8.22. The van der Waals surface area contributed by atoms with Gasteiger partial charge in [-0.3, -0.25) is 4.79 Å². The van der Waals surface area contributed by atoms with Gasteiger partial charge in [0, 0.05) is 10.6 Å². The average Bonchev–Trinajstić information content (AvgIpc) is 3.08. The minimum Gasteiger partial charge on any atom is -0.266 e. The fourth-order valence-corrected chi connectivity index (χ4v) is 3.43. The van der Waals surface area contributed by atoms with Crippen molar-refractivity contribution in [1.29, 1.82) is 0 Å². The maximum absolute atomic E-state index is 13.3. The number of nitrogens with zero attached hydrogens (tertiary/aromatic N) is 3. The molecular weight excluding hydrogens is 349 g/mol. The van der Waals surface area contributed by atoms with E-state index in [0.717, 1.165) is 5.56 Å². The lowest BCUT2D eigenvalue weighted by atomic mass is 10.2. The van der Waals surface area contributed by atoms with Crippen LogP contribution in [0.4, 0.5) is 4.39 Å². The number of hydrogen-bond donors (Lipinski definition) is 0. The summed E-state index contributed by atoms with van der Waals surface area (Å²) in [6, 6.07) is 13.2. The molecule has 0 saturated carbocycles. The van der Waals surface area contributed by atoms with Gasteiger partial charge in [-0.05, 0) is 35.9 Å². The third-order valence-electron chi connectivity index (χ3n) is 3.41. The second-order valence-electron chi connectivity index (χ2n) is 5.11. The predicted molar refractivity (Wildman–Crippen MR) is 92.8 cm³/mol. The van der Waals surface area contributed by atoms with Crippen LogP contribution >= 0.6 is 22.9 Å². The summed E-state index contributed by atoms with van der Waals surface area (Å²) in [5, 5.41) is 4.83. The van der Waals surface area contributed by atoms with Crippen LogP contribution in [0.3, 0.4) is 0 Å². The Morgan fingerprint density at radius 1 is 1.17 bits per heavy atom. The first-order valence-electron chi connectivity index (χ1n) is 7.03. The van der Waals surface area contributed by atoms with Gasteiger partial charge in [0.05, 0.1) is 4.53 Å². The van der Waals surface area contributed by atoms with Crippen LogP contribution in [0.25, 0.3) is 22.4 Å². The molecule has 2 aromatic heterocycles. The highest BCUT2D eigenvalue weighted by molar-refractivity contribution is 7.15. The molecule has 0 spiro atoms. The normalized spacial score (nSPS) is 12.2. The summed E-state index contributed by atoms with van der Waals surface area (Å²) in [7, 11) is 0. The average molecular weight is 358 g/mol. The van der Waals surface area contributed by atoms with Crippen LogP contribution in [-0.4, -0.2) is 14.6 Å². The summed E-state index contributed by atoms with van der Waals surface area (Å²) in [5.41, 5.74) is 1.08. The highest BCUT2D eigenvalue weighted by Gasteiger charge is 2.12. The van der Waals surface area contributed by atoms with Gasteiger partial charge in [0.15, 0.2) is 5.82 Å². The fraction of sp³-hybridized carbons (Fsp3) is 0. The molecule has 0 aliphatic heterocycles. The second kappa shape index (κ2) is 5.81. The molecule has 0 aliphatic carbocycles. The van der Waals surface area contributed by atoms with E-state index in [1.807, 2.05) is 6.07 Å². The van der Waals surface area contributed by atoms with E-state index in [9.17, 15) is 9.18 Å². The SMILES string of the molecule is O=c1/c(=C/c2cccc(F)c2)sc2nc(-c3cccc(Cl)c3)nn12. The number of benzene rings is 2. The van der Waals surface area contributed by atoms with Gasteiger partial charge in [-0.15, -0.1) is 5.10 Å². The lowest BCUT2D eigenvalue weighted by Crippen LogP contribution is -2.23. The molecule has 4 aromatic rings. The number of rotatable bonds is 2. The van der Waals surface area contributed by atoms with Crippen molar-refractivity contribution in [2.75, 3.05) is 0 Å². The molecule has 0 atom stereocenters. The summed E-state index contributed by atoms with van der Waals surface area (Å²) in [6.07, 6.45) is 1.63. The van der Waals surface area contributed by atoms with Crippen molar-refractivity contribution < 1.29 is 4.39 Å². The molecule has 0 saturated heterocycles. The number of halogens is 2. The quantitative estimate of drug-likeness (QED) is 0.553. The zero-order valence-electron chi connectivity index (χ0n) is 12.1. The van der Waals surface area contributed by atoms with Crippen molar-refractivity contribution in [3.05, 3.63) is 79.8 Å². The Labute approximate surface area is 144 Å². The molecule has 0 amide bonds. The van der Waals surface area contributed by atoms with Gasteiger partial charge in [-0.1, -0.05) is 47.2 Å². The van der Waals surface area contributed by atoms with Crippen LogP contribution in [-0.2, 0) is 0 Å². The maximum Gasteiger partial charge on any atom is 0.291 e. The monoisotopic (exact) mass is 357 g/mol. The lowest BCUT2D eigenvalue weighted by Gasteiger charge is -1.94. The molecule has 4 nitrogen and oxygen atoms in total. The molecule has 0 fully saturated rings. The van der Waals surface area contributed by atoms with Gasteiger partial charge >= 0.3 is 0 Å². The lowest BCUT2D eigenvalue weighted by molar-refractivity contribution is 0.627. The summed E-state index contributed by atoms with van der Waals surface area (Å²) >= 11 is 7.18. The predicted octanol–water partition coefficient (Wildman–Crippen LogP) is 3.16. The third kappa shape index (κ3) is 2.70. The van der Waals surface area contributed by atoms with Crippen LogP contribution in [0, 0.1) is 5.82 Å². The van der Waals surface area contributed by atoms with Gasteiger partial charge in [0.2, 0.25) is 4.96 Å². The van der Waals surface area contributed by atoms with Crippen molar-refractivity contribution in [2.24, 2.45) is 0 Å². The van der Waals surface area contributed by atoms with Crippen LogP contribution in [0.15, 0.2) is 53.3 Å². The second-order valence-corrected chi connectivity index (χ2v) is 6.56. The molecule has 0 bridgehead atoms. The van der Waals surface area contributed by atoms with Gasteiger partial charge in [0.1, 0.15) is 5.82 Å². The van der Waals surface area contributed by atoms with Crippen LogP contribution in [0.2, 0.25) is 5.02 Å². The molecule has 0 N–H and O–H groups in total. The van der Waals surface area contributed by atoms with E-state index >= 15 is 0 Å². The van der Waals surface area contributed by atoms with E-state index in [-0.39, 0.29) is 11.4 Å². The standard InChI is InChI=1S/C17H9ClFN3OS/c18-12-5-2-4-11(9-12)15-20-17-22(21-15)16(23)14(24-17)8-10-3-1-6-13(19)7-10/h1-9H/b14-8-. The Morgan fingerprint density at radius 2 is 2.00 bits per heavy atom. The molecule has 24 heavy (non-hydrogen) atoms. The Kier molecular flexibility index (Phi) is 3.63. The number of hydrogen-bond acceptors (Lipinski definition) is 4. The van der Waals surface area contributed by atoms with E-state index < -0.39 is 0 Å². The minimum atomic E-state index is -0.348. The summed E-state index contributed by atoms with van der Waals surface area (Å²) < 4.78 is 15.0. The third-order valence-corrected chi connectivity index (χ3v) is 4.61. The van der Waals surface area contributed by atoms with Crippen molar-refractivity contribution in [1.82, 2.24) is 14.6 Å². The Morgan fingerprint density at radius 3 is 2.75 bits per heavy atom. The molecule has 4 rings (SSSR count). The first-order chi connectivity index (χ1) is 11.6. The summed E-state index contributed by atoms with van der Waals surface area (Å²) in [4.78, 5) is 17.3. The smallest absolute Gasteiger partial charge is 0.266 e. The van der Waals surface area contributed by atoms with Gasteiger partial charge in [0.25, 0.3) is 5.56 Å². The summed E-state index contributed by atoms with van der Waals surface area (Å²) in [6.45, 7) is 0. The largest absolute Gasteiger partial charge is 0.291 e.